The van der Waals surface area contributed by atoms with Gasteiger partial charge in [-0.3, -0.25) is 9.59 Å². The number of carboxylic acids is 1. The molecule has 2 fully saturated rings. The van der Waals surface area contributed by atoms with Crippen LogP contribution in [0.1, 0.15) is 23.2 Å². The maximum absolute atomic E-state index is 12.1. The number of amides is 1. The van der Waals surface area contributed by atoms with E-state index in [1.165, 1.54) is 5.69 Å². The van der Waals surface area contributed by atoms with Crippen molar-refractivity contribution in [3.8, 4) is 0 Å². The number of carboxylic acid groups (broad SMARTS) is 1. The van der Waals surface area contributed by atoms with E-state index >= 15 is 0 Å². The quantitative estimate of drug-likeness (QED) is 0.825. The highest BCUT2D eigenvalue weighted by Gasteiger charge is 2.43. The molecule has 2 N–H and O–H groups in total. The molecule has 1 aromatic heterocycles. The number of carbonyl (C=O) groups is 2. The molecule has 1 amide bonds. The van der Waals surface area contributed by atoms with E-state index in [4.69, 9.17) is 5.11 Å². The second-order valence-corrected chi connectivity index (χ2v) is 7.66. The normalized spacial score (nSPS) is 21.3. The van der Waals surface area contributed by atoms with Crippen molar-refractivity contribution in [2.45, 2.75) is 12.8 Å². The molecule has 0 aliphatic carbocycles. The molecule has 7 heteroatoms. The Balaban J connectivity index is 1.43. The lowest BCUT2D eigenvalue weighted by Crippen LogP contribution is -2.31. The van der Waals surface area contributed by atoms with Crippen molar-refractivity contribution < 1.29 is 14.7 Å². The van der Waals surface area contributed by atoms with Gasteiger partial charge in [0, 0.05) is 49.0 Å². The van der Waals surface area contributed by atoms with Crippen molar-refractivity contribution in [2.24, 2.45) is 5.41 Å². The largest absolute Gasteiger partial charge is 0.480 e. The first kappa shape index (κ1) is 18.3. The second kappa shape index (κ2) is 7.50. The molecule has 1 spiro atoms. The number of aromatic nitrogens is 1. The lowest BCUT2D eigenvalue weighted by molar-refractivity contribution is -0.135. The van der Waals surface area contributed by atoms with Crippen LogP contribution in [0.5, 0.6) is 0 Å². The Morgan fingerprint density at radius 2 is 1.79 bits per heavy atom. The fourth-order valence-corrected chi connectivity index (χ4v) is 4.25. The predicted molar refractivity (Wildman–Crippen MR) is 107 cm³/mol. The molecule has 1 atom stereocenters. The highest BCUT2D eigenvalue weighted by atomic mass is 16.4. The summed E-state index contributed by atoms with van der Waals surface area (Å²) in [6.45, 7) is 3.53. The van der Waals surface area contributed by atoms with Gasteiger partial charge >= 0.3 is 5.97 Å². The molecule has 2 saturated heterocycles. The van der Waals surface area contributed by atoms with Gasteiger partial charge in [-0.05, 0) is 37.1 Å². The Kier molecular flexibility index (Phi) is 4.90. The first-order chi connectivity index (χ1) is 13.5. The molecule has 0 saturated carbocycles. The zero-order valence-corrected chi connectivity index (χ0v) is 15.7. The summed E-state index contributed by atoms with van der Waals surface area (Å²) in [7, 11) is 0. The SMILES string of the molecule is O=C(O)CNC(=O)c1ccnc(N2CCC3(CCN(c4ccccc4)C3)C2)c1. The minimum Gasteiger partial charge on any atom is -0.480 e. The number of nitrogens with one attached hydrogen (secondary N) is 1. The molecule has 3 heterocycles. The average Bonchev–Trinajstić information content (AvgIpc) is 3.34. The molecule has 7 nitrogen and oxygen atoms in total. The summed E-state index contributed by atoms with van der Waals surface area (Å²) < 4.78 is 0. The van der Waals surface area contributed by atoms with E-state index in [1.54, 1.807) is 18.3 Å². The van der Waals surface area contributed by atoms with E-state index < -0.39 is 18.4 Å². The first-order valence-corrected chi connectivity index (χ1v) is 9.56. The predicted octanol–water partition coefficient (Wildman–Crippen LogP) is 2.00. The van der Waals surface area contributed by atoms with E-state index in [0.717, 1.165) is 44.8 Å². The third kappa shape index (κ3) is 3.78. The standard InChI is InChI=1S/C21H24N4O3/c26-19(27)13-23-20(28)16-6-9-22-18(12-16)25-11-8-21(15-25)7-10-24(14-21)17-4-2-1-3-5-17/h1-6,9,12H,7-8,10-11,13-15H2,(H,23,28)(H,26,27). The van der Waals surface area contributed by atoms with Crippen LogP contribution in [0.3, 0.4) is 0 Å². The molecule has 2 aromatic rings. The monoisotopic (exact) mass is 380 g/mol. The van der Waals surface area contributed by atoms with Gasteiger partial charge in [-0.2, -0.15) is 0 Å². The van der Waals surface area contributed by atoms with Gasteiger partial charge in [0.05, 0.1) is 0 Å². The maximum Gasteiger partial charge on any atom is 0.322 e. The second-order valence-electron chi connectivity index (χ2n) is 7.66. The number of carbonyl (C=O) groups excluding carboxylic acids is 1. The lowest BCUT2D eigenvalue weighted by atomic mass is 9.86. The molecular weight excluding hydrogens is 356 g/mol. The van der Waals surface area contributed by atoms with Crippen molar-refractivity contribution in [2.75, 3.05) is 42.5 Å². The van der Waals surface area contributed by atoms with Crippen molar-refractivity contribution in [3.05, 3.63) is 54.2 Å². The van der Waals surface area contributed by atoms with Gasteiger partial charge in [0.1, 0.15) is 12.4 Å². The molecule has 0 radical (unpaired) electrons. The maximum atomic E-state index is 12.1. The third-order valence-corrected chi connectivity index (χ3v) is 5.73. The summed E-state index contributed by atoms with van der Waals surface area (Å²) in [4.78, 5) is 31.9. The summed E-state index contributed by atoms with van der Waals surface area (Å²) >= 11 is 0. The van der Waals surface area contributed by atoms with Crippen LogP contribution in [-0.4, -0.2) is 54.7 Å². The van der Waals surface area contributed by atoms with Crippen LogP contribution >= 0.6 is 0 Å². The van der Waals surface area contributed by atoms with E-state index in [1.807, 2.05) is 6.07 Å². The fourth-order valence-electron chi connectivity index (χ4n) is 4.25. The Bertz CT molecular complexity index is 873. The number of rotatable bonds is 5. The number of para-hydroxylation sites is 1. The van der Waals surface area contributed by atoms with E-state index in [0.29, 0.717) is 5.56 Å². The minimum atomic E-state index is -1.06. The van der Waals surface area contributed by atoms with Crippen LogP contribution in [0.25, 0.3) is 0 Å². The van der Waals surface area contributed by atoms with Gasteiger partial charge < -0.3 is 20.2 Å². The number of anilines is 2. The number of aliphatic carboxylic acids is 1. The highest BCUT2D eigenvalue weighted by Crippen LogP contribution is 2.42. The van der Waals surface area contributed by atoms with Crippen LogP contribution in [0, 0.1) is 5.41 Å². The number of hydrogen-bond donors (Lipinski definition) is 2. The summed E-state index contributed by atoms with van der Waals surface area (Å²) in [6, 6.07) is 13.9. The fraction of sp³-hybridized carbons (Fsp3) is 0.381. The molecule has 1 unspecified atom stereocenters. The Hall–Kier alpha value is -3.09. The van der Waals surface area contributed by atoms with Crippen molar-refractivity contribution in [1.29, 1.82) is 0 Å². The van der Waals surface area contributed by atoms with Gasteiger partial charge in [-0.1, -0.05) is 18.2 Å². The van der Waals surface area contributed by atoms with Gasteiger partial charge in [-0.25, -0.2) is 4.98 Å². The number of pyridine rings is 1. The molecule has 28 heavy (non-hydrogen) atoms. The van der Waals surface area contributed by atoms with E-state index in [9.17, 15) is 9.59 Å². The Morgan fingerprint density at radius 1 is 1.07 bits per heavy atom. The van der Waals surface area contributed by atoms with Crippen LogP contribution < -0.4 is 15.1 Å². The lowest BCUT2D eigenvalue weighted by Gasteiger charge is -2.26. The van der Waals surface area contributed by atoms with Crippen molar-refractivity contribution in [3.63, 3.8) is 0 Å². The molecule has 2 aliphatic heterocycles. The highest BCUT2D eigenvalue weighted by molar-refractivity contribution is 5.96. The van der Waals surface area contributed by atoms with Gasteiger partial charge in [0.25, 0.3) is 5.91 Å². The molecular formula is C21H24N4O3. The van der Waals surface area contributed by atoms with E-state index in [-0.39, 0.29) is 5.41 Å². The van der Waals surface area contributed by atoms with Gasteiger partial charge in [0.2, 0.25) is 0 Å². The number of benzene rings is 1. The Labute approximate surface area is 164 Å². The smallest absolute Gasteiger partial charge is 0.322 e. The topological polar surface area (TPSA) is 85.8 Å². The summed E-state index contributed by atoms with van der Waals surface area (Å²) in [6.07, 6.45) is 3.87. The number of hydrogen-bond acceptors (Lipinski definition) is 5. The minimum absolute atomic E-state index is 0.249. The zero-order valence-electron chi connectivity index (χ0n) is 15.7. The van der Waals surface area contributed by atoms with Crippen molar-refractivity contribution in [1.82, 2.24) is 10.3 Å². The van der Waals surface area contributed by atoms with Gasteiger partial charge in [0.15, 0.2) is 0 Å². The van der Waals surface area contributed by atoms with Crippen molar-refractivity contribution >= 4 is 23.4 Å². The third-order valence-electron chi connectivity index (χ3n) is 5.73. The van der Waals surface area contributed by atoms with Crippen LogP contribution in [-0.2, 0) is 4.79 Å². The summed E-state index contributed by atoms with van der Waals surface area (Å²) in [5.41, 5.74) is 1.96. The number of nitrogens with zero attached hydrogens (tertiary/aromatic N) is 3. The molecule has 146 valence electrons. The van der Waals surface area contributed by atoms with Crippen LogP contribution in [0.4, 0.5) is 11.5 Å². The Morgan fingerprint density at radius 3 is 2.54 bits per heavy atom. The zero-order chi connectivity index (χ0) is 19.6. The van der Waals surface area contributed by atoms with E-state index in [2.05, 4.69) is 44.4 Å². The van der Waals surface area contributed by atoms with Gasteiger partial charge in [-0.15, -0.1) is 0 Å². The summed E-state index contributed by atoms with van der Waals surface area (Å²) in [5.74, 6) is -0.678. The molecule has 2 aliphatic rings. The average molecular weight is 380 g/mol. The molecule has 4 rings (SSSR count). The molecule has 0 bridgehead atoms. The van der Waals surface area contributed by atoms with Crippen LogP contribution in [0.2, 0.25) is 0 Å². The molecule has 1 aromatic carbocycles. The summed E-state index contributed by atoms with van der Waals surface area (Å²) in [5, 5.41) is 11.1. The van der Waals surface area contributed by atoms with Crippen LogP contribution in [0.15, 0.2) is 48.7 Å². The first-order valence-electron chi connectivity index (χ1n) is 9.56.